The third-order valence-electron chi connectivity index (χ3n) is 3.85. The Balaban J connectivity index is 0.000000463. The van der Waals surface area contributed by atoms with Crippen molar-refractivity contribution < 1.29 is 29.6 Å². The van der Waals surface area contributed by atoms with Crippen LogP contribution in [0.1, 0.15) is 67.2 Å². The lowest BCUT2D eigenvalue weighted by molar-refractivity contribution is -0.236. The summed E-state index contributed by atoms with van der Waals surface area (Å²) in [7, 11) is 0. The van der Waals surface area contributed by atoms with Crippen LogP contribution in [0.25, 0.3) is 0 Å². The topological polar surface area (TPSA) is 105 Å². The summed E-state index contributed by atoms with van der Waals surface area (Å²) < 4.78 is 4.62. The average molecular weight is 347 g/mol. The molecule has 7 heteroatoms. The van der Waals surface area contributed by atoms with Gasteiger partial charge in [0.1, 0.15) is 6.61 Å². The van der Waals surface area contributed by atoms with E-state index in [4.69, 9.17) is 10.4 Å². The van der Waals surface area contributed by atoms with E-state index >= 15 is 0 Å². The van der Waals surface area contributed by atoms with E-state index in [1.54, 1.807) is 0 Å². The second kappa shape index (κ2) is 9.34. The molecular formula is C17H33NO6. The lowest BCUT2D eigenvalue weighted by Crippen LogP contribution is -2.55. The molecule has 1 rings (SSSR count). The van der Waals surface area contributed by atoms with Gasteiger partial charge in [-0.15, -0.1) is 0 Å². The number of nitrogens with one attached hydrogen (secondary N) is 1. The van der Waals surface area contributed by atoms with Crippen LogP contribution < -0.4 is 5.32 Å². The lowest BCUT2D eigenvalue weighted by atomic mass is 9.83. The Bertz CT molecular complexity index is 403. The van der Waals surface area contributed by atoms with Gasteiger partial charge in [-0.05, 0) is 60.8 Å². The highest BCUT2D eigenvalue weighted by atomic mass is 17.1. The summed E-state index contributed by atoms with van der Waals surface area (Å²) in [4.78, 5) is 25.4. The number of rotatable bonds is 5. The molecule has 0 aromatic carbocycles. The molecule has 0 saturated carbocycles. The van der Waals surface area contributed by atoms with Gasteiger partial charge in [-0.2, -0.15) is 5.26 Å². The monoisotopic (exact) mass is 347 g/mol. The van der Waals surface area contributed by atoms with Crippen LogP contribution in [0.5, 0.6) is 0 Å². The van der Waals surface area contributed by atoms with Crippen LogP contribution in [0.2, 0.25) is 0 Å². The van der Waals surface area contributed by atoms with Gasteiger partial charge in [0.05, 0.1) is 18.4 Å². The van der Waals surface area contributed by atoms with Gasteiger partial charge in [-0.25, -0.2) is 4.79 Å². The third kappa shape index (κ3) is 9.20. The zero-order valence-corrected chi connectivity index (χ0v) is 15.8. The number of carbonyl (C=O) groups is 2. The van der Waals surface area contributed by atoms with Crippen molar-refractivity contribution in [2.75, 3.05) is 13.2 Å². The second-order valence-electron chi connectivity index (χ2n) is 8.13. The van der Waals surface area contributed by atoms with Crippen molar-refractivity contribution in [3.8, 4) is 0 Å². The first-order valence-corrected chi connectivity index (χ1v) is 8.27. The standard InChI is InChI=1S/C9H19N.C8H14O6/c1-8(2)6-5-7-9(3,4)10-8;1-8(2,5-6(10)14-12)7(11)13-4-3-9/h10H,5-7H2,1-4H3;9,12H,3-5H2,1-2H3. The van der Waals surface area contributed by atoms with Gasteiger partial charge in [0, 0.05) is 11.1 Å². The number of esters is 1. The van der Waals surface area contributed by atoms with E-state index in [0.29, 0.717) is 11.1 Å². The molecule has 0 spiro atoms. The molecule has 0 aliphatic carbocycles. The average Bonchev–Trinajstić information content (AvgIpc) is 2.42. The number of ether oxygens (including phenoxy) is 1. The summed E-state index contributed by atoms with van der Waals surface area (Å²) in [6.45, 7) is 11.7. The van der Waals surface area contributed by atoms with Crippen LogP contribution >= 0.6 is 0 Å². The molecule has 0 aromatic heterocycles. The lowest BCUT2D eigenvalue weighted by Gasteiger charge is -2.42. The predicted octanol–water partition coefficient (Wildman–Crippen LogP) is 2.27. The highest BCUT2D eigenvalue weighted by Crippen LogP contribution is 2.27. The largest absolute Gasteiger partial charge is 0.463 e. The number of hydrogen-bond donors (Lipinski definition) is 3. The molecule has 142 valence electrons. The highest BCUT2D eigenvalue weighted by Gasteiger charge is 2.33. The van der Waals surface area contributed by atoms with E-state index in [-0.39, 0.29) is 19.6 Å². The Morgan fingerprint density at radius 2 is 1.62 bits per heavy atom. The van der Waals surface area contributed by atoms with Crippen molar-refractivity contribution in [2.45, 2.75) is 78.3 Å². The second-order valence-corrected chi connectivity index (χ2v) is 8.13. The maximum absolute atomic E-state index is 11.3. The number of hydrogen-bond acceptors (Lipinski definition) is 7. The Morgan fingerprint density at radius 3 is 1.96 bits per heavy atom. The van der Waals surface area contributed by atoms with E-state index in [9.17, 15) is 9.59 Å². The molecule has 24 heavy (non-hydrogen) atoms. The van der Waals surface area contributed by atoms with E-state index in [0.717, 1.165) is 0 Å². The predicted molar refractivity (Wildman–Crippen MR) is 90.3 cm³/mol. The number of aliphatic hydroxyl groups excluding tert-OH is 1. The molecule has 0 bridgehead atoms. The van der Waals surface area contributed by atoms with E-state index in [2.05, 4.69) is 42.6 Å². The Kier molecular flexibility index (Phi) is 8.88. The zero-order chi connectivity index (χ0) is 19.0. The van der Waals surface area contributed by atoms with Crippen LogP contribution in [0.15, 0.2) is 0 Å². The molecule has 1 fully saturated rings. The Hall–Kier alpha value is -1.18. The van der Waals surface area contributed by atoms with Gasteiger partial charge in [-0.1, -0.05) is 0 Å². The fourth-order valence-corrected chi connectivity index (χ4v) is 2.81. The minimum Gasteiger partial charge on any atom is -0.463 e. The molecule has 1 aliphatic rings. The van der Waals surface area contributed by atoms with Crippen molar-refractivity contribution in [2.24, 2.45) is 5.41 Å². The fourth-order valence-electron chi connectivity index (χ4n) is 2.81. The SMILES string of the molecule is CC(C)(CC(=O)OO)C(=O)OCCO.CC1(C)CCCC(C)(C)N1. The Labute approximate surface area is 144 Å². The third-order valence-corrected chi connectivity index (χ3v) is 3.85. The van der Waals surface area contributed by atoms with Crippen molar-refractivity contribution in [3.63, 3.8) is 0 Å². The number of aliphatic hydroxyl groups is 1. The van der Waals surface area contributed by atoms with Gasteiger partial charge in [0.25, 0.3) is 0 Å². The molecule has 1 saturated heterocycles. The van der Waals surface area contributed by atoms with Crippen molar-refractivity contribution >= 4 is 11.9 Å². The minimum atomic E-state index is -1.07. The van der Waals surface area contributed by atoms with Crippen LogP contribution in [0.4, 0.5) is 0 Å². The molecule has 1 heterocycles. The molecule has 0 atom stereocenters. The first-order valence-electron chi connectivity index (χ1n) is 8.27. The first-order chi connectivity index (χ1) is 10.9. The molecule has 3 N–H and O–H groups in total. The molecule has 0 radical (unpaired) electrons. The van der Waals surface area contributed by atoms with Crippen molar-refractivity contribution in [1.82, 2.24) is 5.32 Å². The normalized spacial score (nSPS) is 18.8. The maximum atomic E-state index is 11.3. The summed E-state index contributed by atoms with van der Waals surface area (Å²) in [5.74, 6) is -1.53. The fraction of sp³-hybridized carbons (Fsp3) is 0.882. The molecular weight excluding hydrogens is 314 g/mol. The summed E-state index contributed by atoms with van der Waals surface area (Å²) in [6, 6.07) is 0. The molecule has 0 amide bonds. The quantitative estimate of drug-likeness (QED) is 0.398. The summed E-state index contributed by atoms with van der Waals surface area (Å²) in [5.41, 5.74) is -0.349. The van der Waals surface area contributed by atoms with E-state index in [1.807, 2.05) is 0 Å². The smallest absolute Gasteiger partial charge is 0.343 e. The molecule has 0 aromatic rings. The van der Waals surface area contributed by atoms with Crippen LogP contribution in [-0.4, -0.2) is 46.6 Å². The van der Waals surface area contributed by atoms with Gasteiger partial charge < -0.3 is 20.0 Å². The number of piperidine rings is 1. The van der Waals surface area contributed by atoms with E-state index < -0.39 is 17.4 Å². The van der Waals surface area contributed by atoms with Crippen LogP contribution in [0.3, 0.4) is 0 Å². The van der Waals surface area contributed by atoms with Gasteiger partial charge in [0.2, 0.25) is 0 Å². The van der Waals surface area contributed by atoms with Gasteiger partial charge in [-0.3, -0.25) is 4.79 Å². The highest BCUT2D eigenvalue weighted by molar-refractivity contribution is 5.82. The van der Waals surface area contributed by atoms with Crippen molar-refractivity contribution in [3.05, 3.63) is 0 Å². The maximum Gasteiger partial charge on any atom is 0.343 e. The van der Waals surface area contributed by atoms with Crippen LogP contribution in [0, 0.1) is 5.41 Å². The van der Waals surface area contributed by atoms with Gasteiger partial charge >= 0.3 is 11.9 Å². The number of carbonyl (C=O) groups excluding carboxylic acids is 2. The van der Waals surface area contributed by atoms with E-state index in [1.165, 1.54) is 33.1 Å². The molecule has 1 aliphatic heterocycles. The summed E-state index contributed by atoms with van der Waals surface area (Å²) >= 11 is 0. The van der Waals surface area contributed by atoms with Gasteiger partial charge in [0.15, 0.2) is 0 Å². The minimum absolute atomic E-state index is 0.115. The van der Waals surface area contributed by atoms with Crippen molar-refractivity contribution in [1.29, 1.82) is 0 Å². The zero-order valence-electron chi connectivity index (χ0n) is 15.8. The summed E-state index contributed by atoms with van der Waals surface area (Å²) in [5, 5.41) is 20.0. The first kappa shape index (κ1) is 22.8. The summed E-state index contributed by atoms with van der Waals surface area (Å²) in [6.07, 6.45) is 3.72. The molecule has 0 unspecified atom stereocenters. The van der Waals surface area contributed by atoms with Crippen LogP contribution in [-0.2, 0) is 19.2 Å². The Morgan fingerprint density at radius 1 is 1.12 bits per heavy atom. The molecule has 7 nitrogen and oxygen atoms in total.